The lowest BCUT2D eigenvalue weighted by molar-refractivity contribution is -0.137. The smallest absolute Gasteiger partial charge is 0.263 e. The number of ether oxygens (including phenoxy) is 1. The second kappa shape index (κ2) is 8.75. The summed E-state index contributed by atoms with van der Waals surface area (Å²) in [6, 6.07) is 5.87. The minimum atomic E-state index is -0.461. The molecule has 0 aliphatic carbocycles. The summed E-state index contributed by atoms with van der Waals surface area (Å²) in [4.78, 5) is 14.4. The number of amides is 1. The number of halogens is 2. The second-order valence-corrected chi connectivity index (χ2v) is 6.54. The van der Waals surface area contributed by atoms with Crippen LogP contribution in [0, 0.1) is 12.8 Å². The number of carbonyl (C=O) groups excluding carboxylic acids is 1. The molecule has 0 bridgehead atoms. The first-order valence-electron chi connectivity index (χ1n) is 7.37. The van der Waals surface area contributed by atoms with Gasteiger partial charge in [-0.05, 0) is 73.4 Å². The molecular formula is C16H24BrClN2O2. The molecule has 124 valence electrons. The maximum Gasteiger partial charge on any atom is 0.263 e. The molecule has 4 nitrogen and oxygen atoms in total. The third-order valence-electron chi connectivity index (χ3n) is 3.83. The Morgan fingerprint density at radius 2 is 2.27 bits per heavy atom. The summed E-state index contributed by atoms with van der Waals surface area (Å²) in [6.07, 6.45) is 0.602. The zero-order chi connectivity index (χ0) is 15.4. The summed E-state index contributed by atoms with van der Waals surface area (Å²) in [7, 11) is 1.95. The molecule has 2 atom stereocenters. The lowest BCUT2D eigenvalue weighted by atomic mass is 10.1. The number of nitrogens with one attached hydrogen (secondary N) is 1. The normalized spacial score (nSPS) is 18.7. The van der Waals surface area contributed by atoms with E-state index in [1.54, 1.807) is 0 Å². The van der Waals surface area contributed by atoms with Crippen molar-refractivity contribution in [2.75, 3.05) is 26.7 Å². The van der Waals surface area contributed by atoms with Gasteiger partial charge in [0.2, 0.25) is 0 Å². The number of nitrogens with zero attached hydrogens (tertiary/aromatic N) is 1. The molecule has 1 aromatic carbocycles. The van der Waals surface area contributed by atoms with Crippen LogP contribution in [0.5, 0.6) is 5.75 Å². The van der Waals surface area contributed by atoms with Gasteiger partial charge in [0.15, 0.2) is 6.10 Å². The molecule has 0 aromatic heterocycles. The van der Waals surface area contributed by atoms with Gasteiger partial charge in [-0.15, -0.1) is 12.4 Å². The summed E-state index contributed by atoms with van der Waals surface area (Å²) in [5.41, 5.74) is 1.16. The molecule has 0 saturated carbocycles. The Morgan fingerprint density at radius 3 is 2.91 bits per heavy atom. The monoisotopic (exact) mass is 390 g/mol. The van der Waals surface area contributed by atoms with Crippen LogP contribution >= 0.6 is 28.3 Å². The van der Waals surface area contributed by atoms with E-state index in [2.05, 4.69) is 21.2 Å². The van der Waals surface area contributed by atoms with Gasteiger partial charge in [-0.25, -0.2) is 0 Å². The number of rotatable bonds is 5. The molecule has 1 N–H and O–H groups in total. The van der Waals surface area contributed by atoms with Crippen LogP contribution in [-0.4, -0.2) is 43.6 Å². The minimum Gasteiger partial charge on any atom is -0.480 e. The predicted molar refractivity (Wildman–Crippen MR) is 94.8 cm³/mol. The van der Waals surface area contributed by atoms with Crippen molar-refractivity contribution in [3.05, 3.63) is 28.2 Å². The number of hydrogen-bond donors (Lipinski definition) is 1. The minimum absolute atomic E-state index is 0. The number of benzene rings is 1. The van der Waals surface area contributed by atoms with Crippen LogP contribution in [0.15, 0.2) is 22.7 Å². The van der Waals surface area contributed by atoms with E-state index in [9.17, 15) is 4.79 Å². The summed E-state index contributed by atoms with van der Waals surface area (Å²) < 4.78 is 6.70. The fraction of sp³-hybridized carbons (Fsp3) is 0.562. The van der Waals surface area contributed by atoms with Crippen LogP contribution in [-0.2, 0) is 4.79 Å². The van der Waals surface area contributed by atoms with Gasteiger partial charge in [0.1, 0.15) is 5.75 Å². The highest BCUT2D eigenvalue weighted by Gasteiger charge is 2.29. The largest absolute Gasteiger partial charge is 0.480 e. The molecule has 1 heterocycles. The first kappa shape index (κ1) is 19.3. The molecule has 0 radical (unpaired) electrons. The van der Waals surface area contributed by atoms with E-state index in [0.29, 0.717) is 11.7 Å². The van der Waals surface area contributed by atoms with Crippen molar-refractivity contribution in [3.8, 4) is 5.75 Å². The van der Waals surface area contributed by atoms with Gasteiger partial charge < -0.3 is 15.0 Å². The van der Waals surface area contributed by atoms with E-state index in [-0.39, 0.29) is 18.3 Å². The topological polar surface area (TPSA) is 41.6 Å². The summed E-state index contributed by atoms with van der Waals surface area (Å²) in [6.45, 7) is 6.45. The zero-order valence-corrected chi connectivity index (χ0v) is 15.7. The maximum atomic E-state index is 12.4. The molecule has 1 aliphatic rings. The highest BCUT2D eigenvalue weighted by atomic mass is 79.9. The van der Waals surface area contributed by atoms with Crippen molar-refractivity contribution >= 4 is 34.2 Å². The summed E-state index contributed by atoms with van der Waals surface area (Å²) >= 11 is 3.48. The molecule has 6 heteroatoms. The maximum absolute atomic E-state index is 12.4. The molecule has 1 fully saturated rings. The Hall–Kier alpha value is -0.780. The Bertz CT molecular complexity index is 513. The Kier molecular flexibility index (Phi) is 7.66. The standard InChI is InChI=1S/C16H23BrN2O2.ClH/c1-11-4-5-15(14(17)8-11)21-12(2)16(20)19-7-6-13(10-19)9-18-3;/h4-5,8,12-13,18H,6-7,9-10H2,1-3H3;1H. The lowest BCUT2D eigenvalue weighted by Gasteiger charge is -2.22. The van der Waals surface area contributed by atoms with Crippen molar-refractivity contribution in [2.45, 2.75) is 26.4 Å². The molecule has 22 heavy (non-hydrogen) atoms. The van der Waals surface area contributed by atoms with E-state index in [1.165, 1.54) is 0 Å². The van der Waals surface area contributed by atoms with Crippen molar-refractivity contribution < 1.29 is 9.53 Å². The van der Waals surface area contributed by atoms with Gasteiger partial charge in [0.05, 0.1) is 4.47 Å². The quantitative estimate of drug-likeness (QED) is 0.839. The van der Waals surface area contributed by atoms with Gasteiger partial charge in [0.25, 0.3) is 5.91 Å². The third-order valence-corrected chi connectivity index (χ3v) is 4.45. The summed E-state index contributed by atoms with van der Waals surface area (Å²) in [5, 5.41) is 3.18. The molecule has 2 rings (SSSR count). The molecule has 0 spiro atoms. The van der Waals surface area contributed by atoms with Crippen LogP contribution < -0.4 is 10.1 Å². The van der Waals surface area contributed by atoms with E-state index < -0.39 is 6.10 Å². The molecule has 1 aromatic rings. The molecule has 1 amide bonds. The first-order valence-corrected chi connectivity index (χ1v) is 8.16. The van der Waals surface area contributed by atoms with Crippen LogP contribution in [0.25, 0.3) is 0 Å². The Balaban J connectivity index is 0.00000242. The highest BCUT2D eigenvalue weighted by Crippen LogP contribution is 2.27. The zero-order valence-electron chi connectivity index (χ0n) is 13.3. The lowest BCUT2D eigenvalue weighted by Crippen LogP contribution is -2.39. The average molecular weight is 392 g/mol. The van der Waals surface area contributed by atoms with E-state index >= 15 is 0 Å². The van der Waals surface area contributed by atoms with Crippen LogP contribution in [0.3, 0.4) is 0 Å². The third kappa shape index (κ3) is 4.86. The second-order valence-electron chi connectivity index (χ2n) is 5.69. The molecule has 1 saturated heterocycles. The van der Waals surface area contributed by atoms with Gasteiger partial charge in [-0.2, -0.15) is 0 Å². The van der Waals surface area contributed by atoms with Gasteiger partial charge in [0, 0.05) is 13.1 Å². The highest BCUT2D eigenvalue weighted by molar-refractivity contribution is 9.10. The molecule has 2 unspecified atom stereocenters. The van der Waals surface area contributed by atoms with Crippen molar-refractivity contribution in [2.24, 2.45) is 5.92 Å². The predicted octanol–water partition coefficient (Wildman–Crippen LogP) is 3.01. The molecule has 1 aliphatic heterocycles. The van der Waals surface area contributed by atoms with Crippen LogP contribution in [0.4, 0.5) is 0 Å². The Labute approximate surface area is 147 Å². The Morgan fingerprint density at radius 1 is 1.55 bits per heavy atom. The average Bonchev–Trinajstić information content (AvgIpc) is 2.90. The van der Waals surface area contributed by atoms with E-state index in [0.717, 1.165) is 36.1 Å². The van der Waals surface area contributed by atoms with E-state index in [1.807, 2.05) is 44.0 Å². The summed E-state index contributed by atoms with van der Waals surface area (Å²) in [5.74, 6) is 1.34. The van der Waals surface area contributed by atoms with Gasteiger partial charge in [-0.1, -0.05) is 6.07 Å². The van der Waals surface area contributed by atoms with E-state index in [4.69, 9.17) is 4.74 Å². The molecular weight excluding hydrogens is 368 g/mol. The van der Waals surface area contributed by atoms with Gasteiger partial charge >= 0.3 is 0 Å². The van der Waals surface area contributed by atoms with Crippen molar-refractivity contribution in [3.63, 3.8) is 0 Å². The fourth-order valence-corrected chi connectivity index (χ4v) is 3.27. The SMILES string of the molecule is CNCC1CCN(C(=O)C(C)Oc2ccc(C)cc2Br)C1.Cl. The fourth-order valence-electron chi connectivity index (χ4n) is 2.69. The first-order chi connectivity index (χ1) is 10.0. The number of carbonyl (C=O) groups is 1. The van der Waals surface area contributed by atoms with Crippen LogP contribution in [0.2, 0.25) is 0 Å². The number of hydrogen-bond acceptors (Lipinski definition) is 3. The van der Waals surface area contributed by atoms with Gasteiger partial charge in [-0.3, -0.25) is 4.79 Å². The van der Waals surface area contributed by atoms with Crippen LogP contribution in [0.1, 0.15) is 18.9 Å². The number of aryl methyl sites for hydroxylation is 1. The number of likely N-dealkylation sites (tertiary alicyclic amines) is 1. The van der Waals surface area contributed by atoms with Crippen molar-refractivity contribution in [1.82, 2.24) is 10.2 Å². The van der Waals surface area contributed by atoms with Crippen molar-refractivity contribution in [1.29, 1.82) is 0 Å².